The van der Waals surface area contributed by atoms with Gasteiger partial charge in [-0.15, -0.1) is 0 Å². The molecule has 0 bridgehead atoms. The van der Waals surface area contributed by atoms with Gasteiger partial charge in [-0.05, 0) is 57.1 Å². The van der Waals surface area contributed by atoms with E-state index in [4.69, 9.17) is 4.74 Å². The lowest BCUT2D eigenvalue weighted by molar-refractivity contribution is -0.126. The Kier molecular flexibility index (Phi) is 8.10. The third kappa shape index (κ3) is 5.94. The van der Waals surface area contributed by atoms with Gasteiger partial charge in [0.15, 0.2) is 0 Å². The minimum absolute atomic E-state index is 0.0389. The fourth-order valence-electron chi connectivity index (χ4n) is 4.00. The molecule has 1 amide bonds. The molecule has 1 aromatic rings. The first-order valence-corrected chi connectivity index (χ1v) is 12.2. The van der Waals surface area contributed by atoms with Crippen LogP contribution in [0, 0.1) is 5.92 Å². The number of ether oxygens (including phenoxy) is 1. The lowest BCUT2D eigenvalue weighted by Gasteiger charge is -2.32. The zero-order valence-corrected chi connectivity index (χ0v) is 18.9. The highest BCUT2D eigenvalue weighted by molar-refractivity contribution is 7.89. The van der Waals surface area contributed by atoms with Crippen LogP contribution in [0.15, 0.2) is 29.2 Å². The SMILES string of the molecule is COc1ccc(S(=O)(=O)N2CCC[C@@H](C(=O)NCCCN3CCN(C)CC3)C2)cc1. The smallest absolute Gasteiger partial charge is 0.243 e. The summed E-state index contributed by atoms with van der Waals surface area (Å²) >= 11 is 0. The van der Waals surface area contributed by atoms with E-state index in [1.807, 2.05) is 0 Å². The second-order valence-electron chi connectivity index (χ2n) is 8.17. The molecule has 30 heavy (non-hydrogen) atoms. The molecule has 2 fully saturated rings. The van der Waals surface area contributed by atoms with Gasteiger partial charge < -0.3 is 19.9 Å². The maximum atomic E-state index is 13.0. The van der Waals surface area contributed by atoms with Crippen LogP contribution in [0.4, 0.5) is 0 Å². The first-order chi connectivity index (χ1) is 14.4. The lowest BCUT2D eigenvalue weighted by Crippen LogP contribution is -2.46. The van der Waals surface area contributed by atoms with E-state index >= 15 is 0 Å². The predicted molar refractivity (Wildman–Crippen MR) is 116 cm³/mol. The number of carbonyl (C=O) groups is 1. The van der Waals surface area contributed by atoms with Crippen LogP contribution < -0.4 is 10.1 Å². The number of piperidine rings is 1. The van der Waals surface area contributed by atoms with Crippen molar-refractivity contribution in [2.24, 2.45) is 5.92 Å². The average Bonchev–Trinajstić information content (AvgIpc) is 2.78. The van der Waals surface area contributed by atoms with Crippen molar-refractivity contribution in [1.29, 1.82) is 0 Å². The number of sulfonamides is 1. The molecule has 9 heteroatoms. The fourth-order valence-corrected chi connectivity index (χ4v) is 5.53. The van der Waals surface area contributed by atoms with E-state index < -0.39 is 10.0 Å². The van der Waals surface area contributed by atoms with Crippen molar-refractivity contribution in [2.75, 3.05) is 66.5 Å². The maximum absolute atomic E-state index is 13.0. The summed E-state index contributed by atoms with van der Waals surface area (Å²) < 4.78 is 32.5. The van der Waals surface area contributed by atoms with Gasteiger partial charge in [0.05, 0.1) is 17.9 Å². The summed E-state index contributed by atoms with van der Waals surface area (Å²) in [5.41, 5.74) is 0. The molecule has 0 radical (unpaired) electrons. The molecule has 2 aliphatic rings. The van der Waals surface area contributed by atoms with E-state index in [9.17, 15) is 13.2 Å². The molecule has 0 aromatic heterocycles. The van der Waals surface area contributed by atoms with Crippen LogP contribution >= 0.6 is 0 Å². The number of carbonyl (C=O) groups excluding carboxylic acids is 1. The number of amides is 1. The number of benzene rings is 1. The average molecular weight is 439 g/mol. The number of piperazine rings is 1. The first kappa shape index (κ1) is 23.0. The Morgan fingerprint density at radius 3 is 2.50 bits per heavy atom. The van der Waals surface area contributed by atoms with Gasteiger partial charge in [0, 0.05) is 45.8 Å². The number of nitrogens with zero attached hydrogens (tertiary/aromatic N) is 3. The van der Waals surface area contributed by atoms with Gasteiger partial charge in [-0.25, -0.2) is 8.42 Å². The normalized spacial score (nSPS) is 22.0. The van der Waals surface area contributed by atoms with E-state index in [-0.39, 0.29) is 23.3 Å². The second-order valence-corrected chi connectivity index (χ2v) is 10.1. The fraction of sp³-hybridized carbons (Fsp3) is 0.667. The van der Waals surface area contributed by atoms with Crippen LogP contribution in [0.2, 0.25) is 0 Å². The van der Waals surface area contributed by atoms with Crippen LogP contribution in [0.5, 0.6) is 5.75 Å². The van der Waals surface area contributed by atoms with Crippen LogP contribution in [-0.4, -0.2) is 94.9 Å². The molecule has 2 aliphatic heterocycles. The van der Waals surface area contributed by atoms with Crippen molar-refractivity contribution >= 4 is 15.9 Å². The summed E-state index contributed by atoms with van der Waals surface area (Å²) in [6, 6.07) is 6.38. The molecular weight excluding hydrogens is 404 g/mol. The van der Waals surface area contributed by atoms with Crippen LogP contribution in [0.1, 0.15) is 19.3 Å². The maximum Gasteiger partial charge on any atom is 0.243 e. The standard InChI is InChI=1S/C21H34N4O4S/c1-23-13-15-24(16-14-23)11-4-10-22-21(26)18-5-3-12-25(17-18)30(27,28)20-8-6-19(29-2)7-9-20/h6-9,18H,3-5,10-17H2,1-2H3,(H,22,26)/t18-/m1/s1. The Bertz CT molecular complexity index is 792. The number of rotatable bonds is 8. The highest BCUT2D eigenvalue weighted by Crippen LogP contribution is 2.25. The second kappa shape index (κ2) is 10.6. The van der Waals surface area contributed by atoms with Gasteiger partial charge in [0.1, 0.15) is 5.75 Å². The van der Waals surface area contributed by atoms with Crippen molar-refractivity contribution in [3.05, 3.63) is 24.3 Å². The molecule has 2 saturated heterocycles. The minimum Gasteiger partial charge on any atom is -0.497 e. The summed E-state index contributed by atoms with van der Waals surface area (Å²) in [6.45, 7) is 6.63. The Hall–Kier alpha value is -1.68. The number of methoxy groups -OCH3 is 1. The predicted octanol–water partition coefficient (Wildman–Crippen LogP) is 0.850. The molecule has 3 rings (SSSR count). The van der Waals surface area contributed by atoms with E-state index in [1.54, 1.807) is 31.4 Å². The molecule has 168 valence electrons. The van der Waals surface area contributed by atoms with Gasteiger partial charge in [-0.1, -0.05) is 0 Å². The Labute approximate surface area is 180 Å². The minimum atomic E-state index is -3.61. The molecule has 1 aromatic carbocycles. The molecule has 2 heterocycles. The van der Waals surface area contributed by atoms with Gasteiger partial charge in [-0.2, -0.15) is 4.31 Å². The lowest BCUT2D eigenvalue weighted by atomic mass is 9.99. The van der Waals surface area contributed by atoms with Crippen molar-refractivity contribution in [2.45, 2.75) is 24.2 Å². The van der Waals surface area contributed by atoms with E-state index in [2.05, 4.69) is 22.2 Å². The van der Waals surface area contributed by atoms with Gasteiger partial charge in [0.2, 0.25) is 15.9 Å². The summed E-state index contributed by atoms with van der Waals surface area (Å²) in [7, 11) is 0.0724. The zero-order chi connectivity index (χ0) is 21.6. The topological polar surface area (TPSA) is 82.2 Å². The highest BCUT2D eigenvalue weighted by Gasteiger charge is 2.33. The summed E-state index contributed by atoms with van der Waals surface area (Å²) in [6.07, 6.45) is 2.32. The van der Waals surface area contributed by atoms with Crippen LogP contribution in [0.25, 0.3) is 0 Å². The zero-order valence-electron chi connectivity index (χ0n) is 18.0. The third-order valence-corrected chi connectivity index (χ3v) is 7.88. The Balaban J connectivity index is 1.46. The summed E-state index contributed by atoms with van der Waals surface area (Å²) in [5.74, 6) is 0.278. The first-order valence-electron chi connectivity index (χ1n) is 10.7. The summed E-state index contributed by atoms with van der Waals surface area (Å²) in [5, 5.41) is 3.01. The Morgan fingerprint density at radius 2 is 1.83 bits per heavy atom. The molecule has 1 N–H and O–H groups in total. The number of hydrogen-bond acceptors (Lipinski definition) is 6. The van der Waals surface area contributed by atoms with E-state index in [0.717, 1.165) is 45.6 Å². The van der Waals surface area contributed by atoms with Gasteiger partial charge in [0.25, 0.3) is 0 Å². The van der Waals surface area contributed by atoms with Gasteiger partial charge in [-0.3, -0.25) is 4.79 Å². The summed E-state index contributed by atoms with van der Waals surface area (Å²) in [4.78, 5) is 17.6. The molecule has 0 saturated carbocycles. The molecule has 0 spiro atoms. The van der Waals surface area contributed by atoms with Crippen LogP contribution in [0.3, 0.4) is 0 Å². The molecule has 1 atom stereocenters. The quantitative estimate of drug-likeness (QED) is 0.606. The van der Waals surface area contributed by atoms with Gasteiger partial charge >= 0.3 is 0 Å². The molecule has 0 aliphatic carbocycles. The van der Waals surface area contributed by atoms with Crippen molar-refractivity contribution in [3.8, 4) is 5.75 Å². The molecule has 8 nitrogen and oxygen atoms in total. The van der Waals surface area contributed by atoms with Crippen LogP contribution in [-0.2, 0) is 14.8 Å². The number of nitrogens with one attached hydrogen (secondary N) is 1. The van der Waals surface area contributed by atoms with E-state index in [0.29, 0.717) is 25.3 Å². The monoisotopic (exact) mass is 438 g/mol. The number of likely N-dealkylation sites (N-methyl/N-ethyl adjacent to an activating group) is 1. The largest absolute Gasteiger partial charge is 0.497 e. The Morgan fingerprint density at radius 1 is 1.13 bits per heavy atom. The van der Waals surface area contributed by atoms with Crippen molar-refractivity contribution < 1.29 is 17.9 Å². The molecule has 0 unspecified atom stereocenters. The molecular formula is C21H34N4O4S. The number of hydrogen-bond donors (Lipinski definition) is 1. The van der Waals surface area contributed by atoms with E-state index in [1.165, 1.54) is 4.31 Å². The third-order valence-electron chi connectivity index (χ3n) is 6.00. The highest BCUT2D eigenvalue weighted by atomic mass is 32.2. The van der Waals surface area contributed by atoms with Crippen molar-refractivity contribution in [3.63, 3.8) is 0 Å². The van der Waals surface area contributed by atoms with Crippen molar-refractivity contribution in [1.82, 2.24) is 19.4 Å².